The third kappa shape index (κ3) is 3.45. The fourth-order valence-corrected chi connectivity index (χ4v) is 3.37. The molecule has 6 nitrogen and oxygen atoms in total. The maximum absolute atomic E-state index is 12.2. The number of aromatic amines is 1. The maximum Gasteiger partial charge on any atom is 0.343 e. The van der Waals surface area contributed by atoms with Crippen LogP contribution >= 0.6 is 11.8 Å². The minimum absolute atomic E-state index is 0.140. The normalized spacial score (nSPS) is 19.3. The highest BCUT2D eigenvalue weighted by atomic mass is 32.2. The number of H-pyrrole nitrogens is 1. The summed E-state index contributed by atoms with van der Waals surface area (Å²) in [6.07, 6.45) is 4.24. The quantitative estimate of drug-likeness (QED) is 0.836. The lowest BCUT2D eigenvalue weighted by Crippen LogP contribution is -2.43. The Bertz CT molecular complexity index is 511. The third-order valence-corrected chi connectivity index (χ3v) is 4.58. The summed E-state index contributed by atoms with van der Waals surface area (Å²) in [6.45, 7) is 5.59. The van der Waals surface area contributed by atoms with Crippen LogP contribution in [0.3, 0.4) is 0 Å². The Morgan fingerprint density at radius 3 is 3.00 bits per heavy atom. The van der Waals surface area contributed by atoms with Crippen molar-refractivity contribution in [3.8, 4) is 0 Å². The molecule has 0 aliphatic carbocycles. The van der Waals surface area contributed by atoms with Gasteiger partial charge in [-0.3, -0.25) is 9.36 Å². The molecule has 7 heteroatoms. The van der Waals surface area contributed by atoms with E-state index in [9.17, 15) is 9.59 Å². The van der Waals surface area contributed by atoms with Gasteiger partial charge in [-0.15, -0.1) is 5.10 Å². The van der Waals surface area contributed by atoms with Crippen molar-refractivity contribution >= 4 is 17.7 Å². The summed E-state index contributed by atoms with van der Waals surface area (Å²) in [5, 5.41) is 7.04. The zero-order chi connectivity index (χ0) is 14.5. The molecule has 1 amide bonds. The topological polar surface area (TPSA) is 71.0 Å². The van der Waals surface area contributed by atoms with Crippen molar-refractivity contribution in [2.75, 3.05) is 12.3 Å². The first kappa shape index (κ1) is 15.2. The van der Waals surface area contributed by atoms with Crippen LogP contribution in [0, 0.1) is 0 Å². The molecule has 1 aliphatic heterocycles. The lowest BCUT2D eigenvalue weighted by Gasteiger charge is -2.33. The van der Waals surface area contributed by atoms with E-state index in [2.05, 4.69) is 17.1 Å². The van der Waals surface area contributed by atoms with Gasteiger partial charge in [0, 0.05) is 19.1 Å². The molecule has 0 unspecified atom stereocenters. The minimum Gasteiger partial charge on any atom is -0.339 e. The lowest BCUT2D eigenvalue weighted by atomic mass is 10.0. The maximum atomic E-state index is 12.2. The molecular formula is C13H22N4O2S. The second-order valence-corrected chi connectivity index (χ2v) is 6.13. The first-order chi connectivity index (χ1) is 9.63. The molecule has 2 rings (SSSR count). The number of hydrogen-bond acceptors (Lipinski definition) is 4. The molecule has 1 atom stereocenters. The van der Waals surface area contributed by atoms with Crippen molar-refractivity contribution in [3.63, 3.8) is 0 Å². The van der Waals surface area contributed by atoms with E-state index < -0.39 is 0 Å². The van der Waals surface area contributed by atoms with Gasteiger partial charge in [0.15, 0.2) is 5.16 Å². The average molecular weight is 298 g/mol. The second kappa shape index (κ2) is 6.97. The van der Waals surface area contributed by atoms with Crippen LogP contribution in [0.5, 0.6) is 0 Å². The molecule has 20 heavy (non-hydrogen) atoms. The van der Waals surface area contributed by atoms with Crippen LogP contribution in [-0.4, -0.2) is 43.9 Å². The number of nitrogens with one attached hydrogen (secondary N) is 1. The largest absolute Gasteiger partial charge is 0.343 e. The van der Waals surface area contributed by atoms with Gasteiger partial charge < -0.3 is 4.90 Å². The van der Waals surface area contributed by atoms with E-state index in [4.69, 9.17) is 0 Å². The Hall–Kier alpha value is -1.24. The second-order valence-electron chi connectivity index (χ2n) is 5.18. The number of amides is 1. The van der Waals surface area contributed by atoms with E-state index in [1.807, 2.05) is 11.8 Å². The van der Waals surface area contributed by atoms with Gasteiger partial charge in [0.05, 0.1) is 5.75 Å². The molecule has 1 aromatic rings. The molecule has 0 radical (unpaired) electrons. The highest BCUT2D eigenvalue weighted by Crippen LogP contribution is 2.20. The molecule has 0 bridgehead atoms. The highest BCUT2D eigenvalue weighted by Gasteiger charge is 2.23. The molecule has 1 fully saturated rings. The lowest BCUT2D eigenvalue weighted by molar-refractivity contribution is -0.131. The summed E-state index contributed by atoms with van der Waals surface area (Å²) in [5.74, 6) is 0.485. The van der Waals surface area contributed by atoms with Crippen LogP contribution in [0.15, 0.2) is 9.95 Å². The number of carbonyl (C=O) groups is 1. The number of hydrogen-bond donors (Lipinski definition) is 1. The van der Waals surface area contributed by atoms with Crippen molar-refractivity contribution in [3.05, 3.63) is 10.5 Å². The van der Waals surface area contributed by atoms with Crippen LogP contribution < -0.4 is 5.69 Å². The summed E-state index contributed by atoms with van der Waals surface area (Å²) in [7, 11) is 0. The van der Waals surface area contributed by atoms with Crippen LogP contribution in [-0.2, 0) is 11.3 Å². The summed E-state index contributed by atoms with van der Waals surface area (Å²) >= 11 is 1.34. The zero-order valence-corrected chi connectivity index (χ0v) is 12.9. The van der Waals surface area contributed by atoms with Crippen LogP contribution in [0.4, 0.5) is 0 Å². The van der Waals surface area contributed by atoms with E-state index in [-0.39, 0.29) is 11.6 Å². The molecule has 1 aromatic heterocycles. The van der Waals surface area contributed by atoms with Gasteiger partial charge in [0.2, 0.25) is 5.91 Å². The molecular weight excluding hydrogens is 276 g/mol. The van der Waals surface area contributed by atoms with Gasteiger partial charge in [0.1, 0.15) is 0 Å². The number of rotatable bonds is 5. The zero-order valence-electron chi connectivity index (χ0n) is 12.1. The van der Waals surface area contributed by atoms with Crippen molar-refractivity contribution in [2.45, 2.75) is 57.3 Å². The molecule has 2 heterocycles. The standard InChI is InChI=1S/C13H22N4O2S/c1-3-7-17-12(19)14-15-13(17)20-9-11(18)16-8-5-4-6-10(16)2/h10H,3-9H2,1-2H3,(H,14,19)/t10-/m1/s1. The predicted octanol–water partition coefficient (Wildman–Crippen LogP) is 1.47. The average Bonchev–Trinajstić information content (AvgIpc) is 2.78. The third-order valence-electron chi connectivity index (χ3n) is 3.62. The van der Waals surface area contributed by atoms with Gasteiger partial charge in [-0.2, -0.15) is 0 Å². The Morgan fingerprint density at radius 2 is 2.30 bits per heavy atom. The van der Waals surface area contributed by atoms with Gasteiger partial charge in [-0.05, 0) is 32.6 Å². The Balaban J connectivity index is 1.94. The van der Waals surface area contributed by atoms with Crippen molar-refractivity contribution in [2.24, 2.45) is 0 Å². The fourth-order valence-electron chi connectivity index (χ4n) is 2.51. The summed E-state index contributed by atoms with van der Waals surface area (Å²) < 4.78 is 1.59. The number of likely N-dealkylation sites (tertiary alicyclic amines) is 1. The number of carbonyl (C=O) groups excluding carboxylic acids is 1. The van der Waals surface area contributed by atoms with Crippen molar-refractivity contribution in [1.29, 1.82) is 0 Å². The van der Waals surface area contributed by atoms with Gasteiger partial charge in [-0.25, -0.2) is 9.89 Å². The highest BCUT2D eigenvalue weighted by molar-refractivity contribution is 7.99. The number of aromatic nitrogens is 3. The molecule has 0 spiro atoms. The smallest absolute Gasteiger partial charge is 0.339 e. The minimum atomic E-state index is -0.201. The molecule has 1 aliphatic rings. The monoisotopic (exact) mass is 298 g/mol. The van der Waals surface area contributed by atoms with E-state index in [0.29, 0.717) is 23.5 Å². The van der Waals surface area contributed by atoms with E-state index in [1.165, 1.54) is 18.2 Å². The Kier molecular flexibility index (Phi) is 5.28. The van der Waals surface area contributed by atoms with Crippen molar-refractivity contribution in [1.82, 2.24) is 19.7 Å². The molecule has 0 saturated carbocycles. The van der Waals surface area contributed by atoms with Crippen LogP contribution in [0.1, 0.15) is 39.5 Å². The molecule has 0 aromatic carbocycles. The number of nitrogens with zero attached hydrogens (tertiary/aromatic N) is 3. The van der Waals surface area contributed by atoms with E-state index in [0.717, 1.165) is 25.8 Å². The summed E-state index contributed by atoms with van der Waals surface area (Å²) in [4.78, 5) is 25.8. The van der Waals surface area contributed by atoms with Gasteiger partial charge >= 0.3 is 5.69 Å². The molecule has 1 saturated heterocycles. The predicted molar refractivity (Wildman–Crippen MR) is 78.9 cm³/mol. The first-order valence-electron chi connectivity index (χ1n) is 7.21. The van der Waals surface area contributed by atoms with Crippen molar-refractivity contribution < 1.29 is 4.79 Å². The molecule has 1 N–H and O–H groups in total. The number of piperidine rings is 1. The first-order valence-corrected chi connectivity index (χ1v) is 8.19. The van der Waals surface area contributed by atoms with E-state index >= 15 is 0 Å². The Morgan fingerprint density at radius 1 is 1.50 bits per heavy atom. The fraction of sp³-hybridized carbons (Fsp3) is 0.769. The van der Waals surface area contributed by atoms with Crippen LogP contribution in [0.2, 0.25) is 0 Å². The summed E-state index contributed by atoms with van der Waals surface area (Å²) in [6, 6.07) is 0.328. The van der Waals surface area contributed by atoms with E-state index in [1.54, 1.807) is 4.57 Å². The summed E-state index contributed by atoms with van der Waals surface area (Å²) in [5.41, 5.74) is -0.201. The number of thioether (sulfide) groups is 1. The Labute approximate surface area is 122 Å². The SMILES string of the molecule is CCCn1c(SCC(=O)N2CCCC[C@H]2C)n[nH]c1=O. The van der Waals surface area contributed by atoms with Gasteiger partial charge in [0.25, 0.3) is 0 Å². The molecule has 112 valence electrons. The van der Waals surface area contributed by atoms with Crippen LogP contribution in [0.25, 0.3) is 0 Å². The van der Waals surface area contributed by atoms with Gasteiger partial charge in [-0.1, -0.05) is 18.7 Å².